The minimum absolute atomic E-state index is 0.110. The second-order valence-corrected chi connectivity index (χ2v) is 5.66. The molecule has 0 radical (unpaired) electrons. The summed E-state index contributed by atoms with van der Waals surface area (Å²) in [7, 11) is 0. The number of ether oxygens (including phenoxy) is 2. The van der Waals surface area contributed by atoms with Crippen LogP contribution in [0, 0.1) is 0 Å². The Morgan fingerprint density at radius 3 is 2.62 bits per heavy atom. The summed E-state index contributed by atoms with van der Waals surface area (Å²) in [6, 6.07) is 13.0. The number of thiocarbonyl (C=S) groups is 1. The van der Waals surface area contributed by atoms with Crippen molar-refractivity contribution < 1.29 is 9.47 Å². The molecular formula is C17H18ClN3O2S. The van der Waals surface area contributed by atoms with Crippen LogP contribution in [0.25, 0.3) is 0 Å². The maximum absolute atomic E-state index is 5.88. The van der Waals surface area contributed by atoms with Crippen molar-refractivity contribution in [2.75, 3.05) is 6.61 Å². The van der Waals surface area contributed by atoms with E-state index in [1.54, 1.807) is 6.21 Å². The summed E-state index contributed by atoms with van der Waals surface area (Å²) in [4.78, 5) is 0. The monoisotopic (exact) mass is 363 g/mol. The molecule has 0 aliphatic carbocycles. The summed E-state index contributed by atoms with van der Waals surface area (Å²) in [6.45, 7) is 2.87. The van der Waals surface area contributed by atoms with Gasteiger partial charge in [0, 0.05) is 5.02 Å². The Balaban J connectivity index is 2.09. The van der Waals surface area contributed by atoms with Gasteiger partial charge in [-0.2, -0.15) is 5.10 Å². The quantitative estimate of drug-likeness (QED) is 0.447. The van der Waals surface area contributed by atoms with Gasteiger partial charge in [0.1, 0.15) is 6.61 Å². The molecule has 0 atom stereocenters. The lowest BCUT2D eigenvalue weighted by Gasteiger charge is -2.12. The Bertz CT molecular complexity index is 720. The van der Waals surface area contributed by atoms with E-state index >= 15 is 0 Å². The highest BCUT2D eigenvalue weighted by molar-refractivity contribution is 7.80. The molecule has 2 aromatic carbocycles. The highest BCUT2D eigenvalue weighted by Gasteiger charge is 2.06. The highest BCUT2D eigenvalue weighted by atomic mass is 35.5. The zero-order valence-corrected chi connectivity index (χ0v) is 14.7. The van der Waals surface area contributed by atoms with Gasteiger partial charge in [0.15, 0.2) is 16.6 Å². The lowest BCUT2D eigenvalue weighted by atomic mass is 10.2. The number of hydrogen-bond acceptors (Lipinski definition) is 4. The molecule has 0 spiro atoms. The van der Waals surface area contributed by atoms with Crippen molar-refractivity contribution in [3.8, 4) is 11.5 Å². The molecule has 2 aromatic rings. The Hall–Kier alpha value is -2.31. The number of halogens is 1. The van der Waals surface area contributed by atoms with Crippen LogP contribution in [-0.2, 0) is 6.61 Å². The summed E-state index contributed by atoms with van der Waals surface area (Å²) >= 11 is 10.6. The van der Waals surface area contributed by atoms with E-state index < -0.39 is 0 Å². The molecule has 0 aliphatic rings. The van der Waals surface area contributed by atoms with Crippen LogP contribution in [0.2, 0.25) is 5.02 Å². The fourth-order valence-corrected chi connectivity index (χ4v) is 2.08. The van der Waals surface area contributed by atoms with Crippen LogP contribution >= 0.6 is 23.8 Å². The Labute approximate surface area is 151 Å². The predicted molar refractivity (Wildman–Crippen MR) is 101 cm³/mol. The van der Waals surface area contributed by atoms with Gasteiger partial charge in [-0.3, -0.25) is 5.43 Å². The molecule has 7 heteroatoms. The second-order valence-electron chi connectivity index (χ2n) is 4.79. The van der Waals surface area contributed by atoms with Crippen LogP contribution in [0.5, 0.6) is 11.5 Å². The normalized spacial score (nSPS) is 10.6. The van der Waals surface area contributed by atoms with E-state index in [0.29, 0.717) is 29.7 Å². The summed E-state index contributed by atoms with van der Waals surface area (Å²) in [5.74, 6) is 1.30. The van der Waals surface area contributed by atoms with Gasteiger partial charge in [-0.1, -0.05) is 23.7 Å². The van der Waals surface area contributed by atoms with Crippen molar-refractivity contribution in [3.05, 3.63) is 58.6 Å². The smallest absolute Gasteiger partial charge is 0.184 e. The summed E-state index contributed by atoms with van der Waals surface area (Å²) in [5.41, 5.74) is 9.68. The Morgan fingerprint density at radius 1 is 1.21 bits per heavy atom. The van der Waals surface area contributed by atoms with E-state index in [0.717, 1.165) is 11.1 Å². The van der Waals surface area contributed by atoms with Gasteiger partial charge >= 0.3 is 0 Å². The molecule has 0 amide bonds. The van der Waals surface area contributed by atoms with Crippen LogP contribution in [0.3, 0.4) is 0 Å². The van der Waals surface area contributed by atoms with Crippen molar-refractivity contribution in [3.63, 3.8) is 0 Å². The van der Waals surface area contributed by atoms with Gasteiger partial charge < -0.3 is 15.2 Å². The highest BCUT2D eigenvalue weighted by Crippen LogP contribution is 2.29. The van der Waals surface area contributed by atoms with E-state index in [1.807, 2.05) is 49.4 Å². The van der Waals surface area contributed by atoms with Crippen molar-refractivity contribution in [1.82, 2.24) is 5.43 Å². The third kappa shape index (κ3) is 5.72. The van der Waals surface area contributed by atoms with Gasteiger partial charge in [0.05, 0.1) is 12.8 Å². The topological polar surface area (TPSA) is 68.9 Å². The Morgan fingerprint density at radius 2 is 1.96 bits per heavy atom. The number of hydrazone groups is 1. The van der Waals surface area contributed by atoms with Gasteiger partial charge in [0.25, 0.3) is 0 Å². The average molecular weight is 364 g/mol. The molecular weight excluding hydrogens is 346 g/mol. The summed E-state index contributed by atoms with van der Waals surface area (Å²) in [6.07, 6.45) is 1.60. The first-order chi connectivity index (χ1) is 11.6. The fraction of sp³-hybridized carbons (Fsp3) is 0.176. The van der Waals surface area contributed by atoms with E-state index in [-0.39, 0.29) is 5.11 Å². The first-order valence-electron chi connectivity index (χ1n) is 7.31. The van der Waals surface area contributed by atoms with Crippen LogP contribution in [0.15, 0.2) is 47.6 Å². The van der Waals surface area contributed by atoms with Crippen molar-refractivity contribution >= 4 is 35.1 Å². The summed E-state index contributed by atoms with van der Waals surface area (Å²) in [5, 5.41) is 4.73. The van der Waals surface area contributed by atoms with Gasteiger partial charge in [-0.05, 0) is 60.6 Å². The number of nitrogens with one attached hydrogen (secondary N) is 1. The molecule has 0 aliphatic heterocycles. The largest absolute Gasteiger partial charge is 0.490 e. The van der Waals surface area contributed by atoms with Crippen LogP contribution in [-0.4, -0.2) is 17.9 Å². The number of hydrogen-bond donors (Lipinski definition) is 2. The number of rotatable bonds is 7. The van der Waals surface area contributed by atoms with E-state index in [1.165, 1.54) is 0 Å². The molecule has 0 fully saturated rings. The molecule has 24 heavy (non-hydrogen) atoms. The van der Waals surface area contributed by atoms with Gasteiger partial charge in [0.2, 0.25) is 0 Å². The molecule has 2 rings (SSSR count). The van der Waals surface area contributed by atoms with Gasteiger partial charge in [-0.25, -0.2) is 0 Å². The molecule has 0 bridgehead atoms. The minimum Gasteiger partial charge on any atom is -0.490 e. The van der Waals surface area contributed by atoms with Crippen LogP contribution in [0.4, 0.5) is 0 Å². The van der Waals surface area contributed by atoms with Crippen molar-refractivity contribution in [2.24, 2.45) is 10.8 Å². The molecule has 0 heterocycles. The zero-order chi connectivity index (χ0) is 17.4. The van der Waals surface area contributed by atoms with Crippen molar-refractivity contribution in [1.29, 1.82) is 0 Å². The maximum atomic E-state index is 5.88. The minimum atomic E-state index is 0.110. The van der Waals surface area contributed by atoms with Crippen LogP contribution < -0.4 is 20.6 Å². The van der Waals surface area contributed by atoms with Crippen molar-refractivity contribution in [2.45, 2.75) is 13.5 Å². The second kappa shape index (κ2) is 9.10. The molecule has 3 N–H and O–H groups in total. The van der Waals surface area contributed by atoms with E-state index in [4.69, 9.17) is 26.8 Å². The Kier molecular flexibility index (Phi) is 6.84. The lowest BCUT2D eigenvalue weighted by molar-refractivity contribution is 0.269. The fourth-order valence-electron chi connectivity index (χ4n) is 1.90. The molecule has 5 nitrogen and oxygen atoms in total. The van der Waals surface area contributed by atoms with Gasteiger partial charge in [-0.15, -0.1) is 0 Å². The molecule has 0 saturated carbocycles. The van der Waals surface area contributed by atoms with E-state index in [2.05, 4.69) is 22.7 Å². The molecule has 0 aromatic heterocycles. The number of benzene rings is 2. The third-order valence-electron chi connectivity index (χ3n) is 2.96. The maximum Gasteiger partial charge on any atom is 0.184 e. The SMILES string of the molecule is CCOc1cc(C=NNC(N)=S)ccc1OCc1ccc(Cl)cc1. The number of nitrogens with zero attached hydrogens (tertiary/aromatic N) is 1. The first kappa shape index (κ1) is 18.0. The third-order valence-corrected chi connectivity index (χ3v) is 3.31. The standard InChI is InChI=1S/C17H18ClN3O2S/c1-2-22-16-9-13(10-20-21-17(19)24)5-8-15(16)23-11-12-3-6-14(18)7-4-12/h3-10H,2,11H2,1H3,(H3,19,21,24). The molecule has 126 valence electrons. The van der Waals surface area contributed by atoms with E-state index in [9.17, 15) is 0 Å². The van der Waals surface area contributed by atoms with Crippen LogP contribution in [0.1, 0.15) is 18.1 Å². The zero-order valence-electron chi connectivity index (χ0n) is 13.2. The molecule has 0 saturated heterocycles. The predicted octanol–water partition coefficient (Wildman–Crippen LogP) is 3.48. The summed E-state index contributed by atoms with van der Waals surface area (Å²) < 4.78 is 11.5. The lowest BCUT2D eigenvalue weighted by Crippen LogP contribution is -2.23. The number of nitrogens with two attached hydrogens (primary N) is 1. The molecule has 0 unspecified atom stereocenters. The first-order valence-corrected chi connectivity index (χ1v) is 8.09. The average Bonchev–Trinajstić information content (AvgIpc) is 2.55.